The van der Waals surface area contributed by atoms with Crippen LogP contribution in [0.1, 0.15) is 44.1 Å². The van der Waals surface area contributed by atoms with Crippen LogP contribution in [0.15, 0.2) is 22.7 Å². The number of fused-ring (bicyclic) bond motifs is 1. The van der Waals surface area contributed by atoms with E-state index in [1.807, 2.05) is 6.07 Å². The van der Waals surface area contributed by atoms with Crippen LogP contribution < -0.4 is 4.74 Å². The van der Waals surface area contributed by atoms with Crippen LogP contribution in [0, 0.1) is 16.0 Å². The van der Waals surface area contributed by atoms with Crippen molar-refractivity contribution >= 4 is 21.9 Å². The van der Waals surface area contributed by atoms with Gasteiger partial charge in [0.05, 0.1) is 11.8 Å². The van der Waals surface area contributed by atoms with Gasteiger partial charge in [0.1, 0.15) is 5.75 Å². The molecule has 0 saturated carbocycles. The van der Waals surface area contributed by atoms with Crippen LogP contribution in [0.2, 0.25) is 0 Å². The minimum Gasteiger partial charge on any atom is -0.426 e. The fraction of sp³-hybridized carbons (Fsp3) is 0.533. The number of halogens is 1. The zero-order chi connectivity index (χ0) is 15.4. The van der Waals surface area contributed by atoms with E-state index in [4.69, 9.17) is 4.74 Å². The lowest BCUT2D eigenvalue weighted by atomic mass is 9.80. The van der Waals surface area contributed by atoms with E-state index in [0.29, 0.717) is 12.2 Å². The Kier molecular flexibility index (Phi) is 5.33. The minimum absolute atomic E-state index is 0.241. The number of benzene rings is 1. The summed E-state index contributed by atoms with van der Waals surface area (Å²) in [5.41, 5.74) is 0.752. The van der Waals surface area contributed by atoms with Gasteiger partial charge in [-0.05, 0) is 24.6 Å². The average molecular weight is 356 g/mol. The van der Waals surface area contributed by atoms with Crippen molar-refractivity contribution in [3.8, 4) is 5.75 Å². The highest BCUT2D eigenvalue weighted by molar-refractivity contribution is 9.10. The maximum atomic E-state index is 12.2. The third kappa shape index (κ3) is 3.81. The summed E-state index contributed by atoms with van der Waals surface area (Å²) < 4.78 is 6.19. The molecule has 0 saturated heterocycles. The summed E-state index contributed by atoms with van der Waals surface area (Å²) in [6, 6.07) is 5.28. The zero-order valence-corrected chi connectivity index (χ0v) is 13.5. The number of unbranched alkanes of at least 4 members (excludes halogenated alkanes) is 2. The second-order valence-corrected chi connectivity index (χ2v) is 6.24. The van der Waals surface area contributed by atoms with Gasteiger partial charge >= 0.3 is 5.97 Å². The highest BCUT2D eigenvalue weighted by Crippen LogP contribution is 2.41. The van der Waals surface area contributed by atoms with Crippen LogP contribution in [-0.2, 0) is 4.79 Å². The molecule has 114 valence electrons. The molecular weight excluding hydrogens is 338 g/mol. The van der Waals surface area contributed by atoms with Crippen LogP contribution in [0.25, 0.3) is 0 Å². The molecule has 1 aromatic rings. The fourth-order valence-electron chi connectivity index (χ4n) is 2.79. The Labute approximate surface area is 132 Å². The third-order valence-corrected chi connectivity index (χ3v) is 4.33. The van der Waals surface area contributed by atoms with E-state index in [1.165, 1.54) is 0 Å². The summed E-state index contributed by atoms with van der Waals surface area (Å²) in [5, 5.41) is 11.0. The summed E-state index contributed by atoms with van der Waals surface area (Å²) in [6.07, 6.45) is 3.58. The molecule has 0 bridgehead atoms. The van der Waals surface area contributed by atoms with Crippen LogP contribution in [0.4, 0.5) is 0 Å². The molecule has 0 aliphatic carbocycles. The molecular formula is C15H18BrNO4. The number of carbonyl (C=O) groups excluding carboxylic acids is 1. The molecule has 0 radical (unpaired) electrons. The number of nitrogens with zero attached hydrogens (tertiary/aromatic N) is 1. The monoisotopic (exact) mass is 355 g/mol. The highest BCUT2D eigenvalue weighted by Gasteiger charge is 2.40. The maximum absolute atomic E-state index is 12.2. The predicted molar refractivity (Wildman–Crippen MR) is 82.0 cm³/mol. The van der Waals surface area contributed by atoms with Gasteiger partial charge < -0.3 is 4.74 Å². The number of hydrogen-bond donors (Lipinski definition) is 0. The number of ether oxygens (including phenoxy) is 1. The Balaban J connectivity index is 2.31. The van der Waals surface area contributed by atoms with Crippen molar-refractivity contribution in [2.45, 2.75) is 38.5 Å². The number of esters is 1. The second-order valence-electron chi connectivity index (χ2n) is 5.33. The molecule has 2 rings (SSSR count). The predicted octanol–water partition coefficient (Wildman–Crippen LogP) is 3.92. The molecule has 1 aromatic carbocycles. The maximum Gasteiger partial charge on any atom is 0.315 e. The molecule has 0 spiro atoms. The van der Waals surface area contributed by atoms with Gasteiger partial charge in [0.15, 0.2) is 0 Å². The lowest BCUT2D eigenvalue weighted by molar-refractivity contribution is -0.484. The molecule has 0 aromatic heterocycles. The molecule has 0 amide bonds. The van der Waals surface area contributed by atoms with Crippen molar-refractivity contribution in [3.05, 3.63) is 38.3 Å². The van der Waals surface area contributed by atoms with Gasteiger partial charge in [0, 0.05) is 15.0 Å². The molecule has 0 N–H and O–H groups in total. The largest absolute Gasteiger partial charge is 0.426 e. The first-order valence-electron chi connectivity index (χ1n) is 7.16. The van der Waals surface area contributed by atoms with Crippen molar-refractivity contribution in [1.29, 1.82) is 0 Å². The standard InChI is InChI=1S/C15H18BrNO4/c1-2-3-4-5-11-13(9-17(19)20)12-8-10(16)6-7-14(12)21-15(11)18/h6-8,11,13H,2-5,9H2,1H3/t11-,13+/m1/s1. The Hall–Kier alpha value is -1.43. The summed E-state index contributed by atoms with van der Waals surface area (Å²) in [4.78, 5) is 22.8. The molecule has 0 fully saturated rings. The van der Waals surface area contributed by atoms with Gasteiger partial charge in [-0.3, -0.25) is 14.9 Å². The van der Waals surface area contributed by atoms with Gasteiger partial charge in [-0.1, -0.05) is 42.1 Å². The van der Waals surface area contributed by atoms with E-state index >= 15 is 0 Å². The molecule has 1 heterocycles. The van der Waals surface area contributed by atoms with Gasteiger partial charge in [-0.25, -0.2) is 0 Å². The first-order chi connectivity index (χ1) is 10.0. The summed E-state index contributed by atoms with van der Waals surface area (Å²) in [7, 11) is 0. The zero-order valence-electron chi connectivity index (χ0n) is 11.9. The summed E-state index contributed by atoms with van der Waals surface area (Å²) in [5.74, 6) is -0.732. The van der Waals surface area contributed by atoms with Crippen LogP contribution in [0.3, 0.4) is 0 Å². The fourth-order valence-corrected chi connectivity index (χ4v) is 3.17. The van der Waals surface area contributed by atoms with E-state index in [9.17, 15) is 14.9 Å². The van der Waals surface area contributed by atoms with Crippen LogP contribution in [-0.4, -0.2) is 17.4 Å². The first-order valence-corrected chi connectivity index (χ1v) is 7.95. The molecule has 6 heteroatoms. The van der Waals surface area contributed by atoms with Crippen LogP contribution >= 0.6 is 15.9 Å². The van der Waals surface area contributed by atoms with Crippen LogP contribution in [0.5, 0.6) is 5.75 Å². The lowest BCUT2D eigenvalue weighted by Crippen LogP contribution is -2.35. The van der Waals surface area contributed by atoms with Gasteiger partial charge in [-0.15, -0.1) is 0 Å². The van der Waals surface area contributed by atoms with Crippen molar-refractivity contribution in [1.82, 2.24) is 0 Å². The minimum atomic E-state index is -0.427. The molecule has 2 atom stereocenters. The van der Waals surface area contributed by atoms with E-state index in [2.05, 4.69) is 22.9 Å². The summed E-state index contributed by atoms with van der Waals surface area (Å²) in [6.45, 7) is 1.84. The topological polar surface area (TPSA) is 69.4 Å². The van der Waals surface area contributed by atoms with Crippen molar-refractivity contribution in [3.63, 3.8) is 0 Å². The number of rotatable bonds is 6. The third-order valence-electron chi connectivity index (χ3n) is 3.83. The van der Waals surface area contributed by atoms with E-state index in [-0.39, 0.29) is 17.4 Å². The Bertz CT molecular complexity index is 546. The van der Waals surface area contributed by atoms with Gasteiger partial charge in [-0.2, -0.15) is 0 Å². The average Bonchev–Trinajstić information content (AvgIpc) is 2.42. The number of nitro groups is 1. The van der Waals surface area contributed by atoms with Crippen molar-refractivity contribution in [2.24, 2.45) is 5.92 Å². The molecule has 1 aliphatic heterocycles. The van der Waals surface area contributed by atoms with E-state index in [0.717, 1.165) is 29.3 Å². The molecule has 0 unspecified atom stereocenters. The molecule has 5 nitrogen and oxygen atoms in total. The smallest absolute Gasteiger partial charge is 0.315 e. The Morgan fingerprint density at radius 2 is 2.10 bits per heavy atom. The molecule has 1 aliphatic rings. The number of carbonyl (C=O) groups is 1. The van der Waals surface area contributed by atoms with Crippen molar-refractivity contribution in [2.75, 3.05) is 6.54 Å². The SMILES string of the molecule is CCCCC[C@H]1C(=O)Oc2ccc(Br)cc2[C@H]1C[N+](=O)[O-]. The lowest BCUT2D eigenvalue weighted by Gasteiger charge is -2.29. The van der Waals surface area contributed by atoms with Crippen molar-refractivity contribution < 1.29 is 14.5 Å². The Morgan fingerprint density at radius 3 is 2.76 bits per heavy atom. The highest BCUT2D eigenvalue weighted by atomic mass is 79.9. The number of hydrogen-bond acceptors (Lipinski definition) is 4. The molecule has 21 heavy (non-hydrogen) atoms. The Morgan fingerprint density at radius 1 is 1.33 bits per heavy atom. The van der Waals surface area contributed by atoms with Gasteiger partial charge in [0.25, 0.3) is 0 Å². The van der Waals surface area contributed by atoms with Gasteiger partial charge in [0.2, 0.25) is 6.54 Å². The first kappa shape index (κ1) is 15.9. The second kappa shape index (κ2) is 7.02. The van der Waals surface area contributed by atoms with E-state index in [1.54, 1.807) is 12.1 Å². The van der Waals surface area contributed by atoms with E-state index < -0.39 is 11.8 Å². The quantitative estimate of drug-likeness (QED) is 0.255. The summed E-state index contributed by atoms with van der Waals surface area (Å²) >= 11 is 3.37. The normalized spacial score (nSPS) is 20.8.